The molecule has 1 aliphatic carbocycles. The molecule has 0 aliphatic heterocycles. The number of carbonyl (C=O) groups is 1. The van der Waals surface area contributed by atoms with Crippen molar-refractivity contribution in [2.24, 2.45) is 0 Å². The molecule has 1 heterocycles. The van der Waals surface area contributed by atoms with E-state index in [2.05, 4.69) is 20.6 Å². The Kier molecular flexibility index (Phi) is 6.23. The largest absolute Gasteiger partial charge is 0.351 e. The normalized spacial score (nSPS) is 15.4. The van der Waals surface area contributed by atoms with Gasteiger partial charge in [0.05, 0.1) is 5.56 Å². The second kappa shape index (κ2) is 8.81. The Balaban J connectivity index is 1.52. The van der Waals surface area contributed by atoms with Crippen molar-refractivity contribution in [3.63, 3.8) is 0 Å². The molecule has 0 radical (unpaired) electrons. The predicted octanol–water partition coefficient (Wildman–Crippen LogP) is 4.19. The Hall–Kier alpha value is -2.14. The number of hydrogen-bond acceptors (Lipinski definition) is 4. The third-order valence-corrected chi connectivity index (χ3v) is 4.72. The number of nitrogens with one attached hydrogen (secondary N) is 2. The third kappa shape index (κ3) is 5.43. The Morgan fingerprint density at radius 1 is 1.04 bits per heavy atom. The van der Waals surface area contributed by atoms with Gasteiger partial charge in [-0.15, -0.1) is 0 Å². The maximum absolute atomic E-state index is 12.2. The molecule has 2 aromatic rings. The van der Waals surface area contributed by atoms with Crippen molar-refractivity contribution in [1.82, 2.24) is 15.3 Å². The molecular weight excluding hydrogens is 336 g/mol. The topological polar surface area (TPSA) is 66.9 Å². The highest BCUT2D eigenvalue weighted by molar-refractivity contribution is 6.30. The number of carbonyl (C=O) groups excluding carboxylic acids is 1. The summed E-state index contributed by atoms with van der Waals surface area (Å²) in [6.07, 6.45) is 10.6. The van der Waals surface area contributed by atoms with E-state index in [1.54, 1.807) is 24.5 Å². The van der Waals surface area contributed by atoms with Gasteiger partial charge in [-0.25, -0.2) is 9.97 Å². The van der Waals surface area contributed by atoms with Gasteiger partial charge in [0.2, 0.25) is 5.95 Å². The van der Waals surface area contributed by atoms with Crippen molar-refractivity contribution in [1.29, 1.82) is 0 Å². The third-order valence-electron chi connectivity index (χ3n) is 4.47. The Morgan fingerprint density at radius 3 is 2.32 bits per heavy atom. The van der Waals surface area contributed by atoms with Crippen molar-refractivity contribution in [2.75, 3.05) is 5.32 Å². The van der Waals surface area contributed by atoms with Gasteiger partial charge in [0.1, 0.15) is 0 Å². The first kappa shape index (κ1) is 17.7. The fourth-order valence-electron chi connectivity index (χ4n) is 3.01. The number of halogens is 1. The molecule has 1 aromatic carbocycles. The van der Waals surface area contributed by atoms with E-state index in [1.807, 2.05) is 12.1 Å². The molecule has 2 N–H and O–H groups in total. The van der Waals surface area contributed by atoms with E-state index in [0.29, 0.717) is 29.1 Å². The smallest absolute Gasteiger partial charge is 0.254 e. The first-order valence-corrected chi connectivity index (χ1v) is 9.20. The average molecular weight is 359 g/mol. The van der Waals surface area contributed by atoms with Gasteiger partial charge < -0.3 is 10.6 Å². The van der Waals surface area contributed by atoms with Crippen LogP contribution < -0.4 is 10.6 Å². The van der Waals surface area contributed by atoms with E-state index >= 15 is 0 Å². The number of hydrogen-bond donors (Lipinski definition) is 2. The lowest BCUT2D eigenvalue weighted by molar-refractivity contribution is 0.0950. The SMILES string of the molecule is O=C(NCc1ccc(Cl)cc1)c1cnc(NC2CCCCCC2)nc1. The molecule has 5 nitrogen and oxygen atoms in total. The van der Waals surface area contributed by atoms with Crippen molar-refractivity contribution in [3.8, 4) is 0 Å². The molecule has 6 heteroatoms. The molecule has 1 aliphatic rings. The maximum atomic E-state index is 12.2. The molecule has 0 atom stereocenters. The summed E-state index contributed by atoms with van der Waals surface area (Å²) >= 11 is 5.85. The number of aromatic nitrogens is 2. The van der Waals surface area contributed by atoms with Crippen molar-refractivity contribution >= 4 is 23.5 Å². The molecule has 1 aromatic heterocycles. The Bertz CT molecular complexity index is 680. The summed E-state index contributed by atoms with van der Waals surface area (Å²) in [4.78, 5) is 20.8. The predicted molar refractivity (Wildman–Crippen MR) is 99.8 cm³/mol. The molecule has 0 bridgehead atoms. The highest BCUT2D eigenvalue weighted by Gasteiger charge is 2.13. The zero-order valence-electron chi connectivity index (χ0n) is 14.2. The van der Waals surface area contributed by atoms with Crippen LogP contribution in [0.4, 0.5) is 5.95 Å². The lowest BCUT2D eigenvalue weighted by Crippen LogP contribution is -2.24. The minimum absolute atomic E-state index is 0.184. The lowest BCUT2D eigenvalue weighted by Gasteiger charge is -2.15. The minimum Gasteiger partial charge on any atom is -0.351 e. The summed E-state index contributed by atoms with van der Waals surface area (Å²) in [6.45, 7) is 0.443. The molecular formula is C19H23ClN4O. The first-order chi connectivity index (χ1) is 12.2. The van der Waals surface area contributed by atoms with E-state index in [-0.39, 0.29) is 5.91 Å². The van der Waals surface area contributed by atoms with E-state index in [9.17, 15) is 4.79 Å². The number of nitrogens with zero attached hydrogens (tertiary/aromatic N) is 2. The maximum Gasteiger partial charge on any atom is 0.254 e. The molecule has 1 fully saturated rings. The lowest BCUT2D eigenvalue weighted by atomic mass is 10.1. The quantitative estimate of drug-likeness (QED) is 0.786. The van der Waals surface area contributed by atoms with E-state index < -0.39 is 0 Å². The molecule has 132 valence electrons. The van der Waals surface area contributed by atoms with Gasteiger partial charge in [0.25, 0.3) is 5.91 Å². The summed E-state index contributed by atoms with van der Waals surface area (Å²) in [5.41, 5.74) is 1.45. The minimum atomic E-state index is -0.184. The summed E-state index contributed by atoms with van der Waals surface area (Å²) in [5, 5.41) is 6.93. The van der Waals surface area contributed by atoms with Crippen LogP contribution in [0.2, 0.25) is 5.02 Å². The second-order valence-corrected chi connectivity index (χ2v) is 6.87. The molecule has 0 saturated heterocycles. The van der Waals surface area contributed by atoms with Crippen LogP contribution in [0, 0.1) is 0 Å². The summed E-state index contributed by atoms with van der Waals surface area (Å²) in [5.74, 6) is 0.414. The molecule has 1 saturated carbocycles. The molecule has 25 heavy (non-hydrogen) atoms. The van der Waals surface area contributed by atoms with Crippen LogP contribution in [-0.4, -0.2) is 21.9 Å². The van der Waals surface area contributed by atoms with Crippen LogP contribution in [0.1, 0.15) is 54.4 Å². The summed E-state index contributed by atoms with van der Waals surface area (Å²) in [6, 6.07) is 7.82. The Labute approximate surface area is 153 Å². The standard InChI is InChI=1S/C19H23ClN4O/c20-16-9-7-14(8-10-16)11-21-18(25)15-12-22-19(23-13-15)24-17-5-3-1-2-4-6-17/h7-10,12-13,17H,1-6,11H2,(H,21,25)(H,22,23,24). The fraction of sp³-hybridized carbons (Fsp3) is 0.421. The van der Waals surface area contributed by atoms with Crippen LogP contribution in [0.15, 0.2) is 36.7 Å². The summed E-state index contributed by atoms with van der Waals surface area (Å²) in [7, 11) is 0. The fourth-order valence-corrected chi connectivity index (χ4v) is 3.14. The zero-order chi connectivity index (χ0) is 17.5. The number of rotatable bonds is 5. The number of anilines is 1. The van der Waals surface area contributed by atoms with Crippen LogP contribution in [-0.2, 0) is 6.54 Å². The number of amides is 1. The van der Waals surface area contributed by atoms with E-state index in [1.165, 1.54) is 25.7 Å². The van der Waals surface area contributed by atoms with Gasteiger partial charge in [0, 0.05) is 30.0 Å². The number of benzene rings is 1. The molecule has 0 unspecified atom stereocenters. The van der Waals surface area contributed by atoms with Gasteiger partial charge in [-0.1, -0.05) is 49.4 Å². The van der Waals surface area contributed by atoms with Gasteiger partial charge in [0.15, 0.2) is 0 Å². The van der Waals surface area contributed by atoms with Gasteiger partial charge in [-0.05, 0) is 30.5 Å². The van der Waals surface area contributed by atoms with E-state index in [4.69, 9.17) is 11.6 Å². The van der Waals surface area contributed by atoms with Crippen molar-refractivity contribution in [2.45, 2.75) is 51.1 Å². The van der Waals surface area contributed by atoms with Crippen LogP contribution in [0.25, 0.3) is 0 Å². The van der Waals surface area contributed by atoms with Crippen LogP contribution in [0.3, 0.4) is 0 Å². The van der Waals surface area contributed by atoms with E-state index in [0.717, 1.165) is 18.4 Å². The average Bonchev–Trinajstić information content (AvgIpc) is 2.90. The summed E-state index contributed by atoms with van der Waals surface area (Å²) < 4.78 is 0. The second-order valence-electron chi connectivity index (χ2n) is 6.44. The van der Waals surface area contributed by atoms with Gasteiger partial charge in [-0.3, -0.25) is 4.79 Å². The Morgan fingerprint density at radius 2 is 1.68 bits per heavy atom. The highest BCUT2D eigenvalue weighted by Crippen LogP contribution is 2.19. The zero-order valence-corrected chi connectivity index (χ0v) is 14.9. The van der Waals surface area contributed by atoms with Gasteiger partial charge >= 0.3 is 0 Å². The van der Waals surface area contributed by atoms with Gasteiger partial charge in [-0.2, -0.15) is 0 Å². The van der Waals surface area contributed by atoms with Crippen molar-refractivity contribution in [3.05, 3.63) is 52.8 Å². The highest BCUT2D eigenvalue weighted by atomic mass is 35.5. The molecule has 3 rings (SSSR count). The monoisotopic (exact) mass is 358 g/mol. The molecule has 0 spiro atoms. The van der Waals surface area contributed by atoms with Crippen LogP contribution in [0.5, 0.6) is 0 Å². The first-order valence-electron chi connectivity index (χ1n) is 8.82. The molecule has 1 amide bonds. The van der Waals surface area contributed by atoms with Crippen LogP contribution >= 0.6 is 11.6 Å². The van der Waals surface area contributed by atoms with Crippen molar-refractivity contribution < 1.29 is 4.79 Å².